The fraction of sp³-hybridized carbons (Fsp3) is 0. The lowest BCUT2D eigenvalue weighted by atomic mass is 10.1. The third kappa shape index (κ3) is 1.40. The van der Waals surface area contributed by atoms with Gasteiger partial charge in [-0.15, -0.1) is 0 Å². The average molecular weight is 225 g/mol. The number of fused-ring (bicyclic) bond motifs is 1. The lowest BCUT2D eigenvalue weighted by Gasteiger charge is -2.04. The molecule has 0 fully saturated rings. The highest BCUT2D eigenvalue weighted by molar-refractivity contribution is 5.94. The maximum Gasteiger partial charge on any atom is 0.150 e. The van der Waals surface area contributed by atoms with Gasteiger partial charge in [-0.05, 0) is 6.07 Å². The molecule has 3 aromatic rings. The Hall–Kier alpha value is -2.56. The Balaban J connectivity index is 2.34. The Morgan fingerprint density at radius 3 is 2.65 bits per heavy atom. The number of nitrogens with two attached hydrogens (primary N) is 2. The molecule has 0 aliphatic rings. The van der Waals surface area contributed by atoms with E-state index in [4.69, 9.17) is 11.6 Å². The summed E-state index contributed by atoms with van der Waals surface area (Å²) in [6.45, 7) is 0. The van der Waals surface area contributed by atoms with Crippen molar-refractivity contribution in [3.8, 4) is 11.3 Å². The summed E-state index contributed by atoms with van der Waals surface area (Å²) in [6, 6.07) is 9.79. The first-order valence-corrected chi connectivity index (χ1v) is 5.19. The van der Waals surface area contributed by atoms with Gasteiger partial charge in [-0.3, -0.25) is 4.98 Å². The van der Waals surface area contributed by atoms with Crippen molar-refractivity contribution in [3.63, 3.8) is 0 Å². The van der Waals surface area contributed by atoms with Crippen molar-refractivity contribution in [1.29, 1.82) is 0 Å². The molecular weight excluding hydrogens is 214 g/mol. The molecule has 0 aliphatic heterocycles. The molecule has 17 heavy (non-hydrogen) atoms. The molecule has 5 nitrogen and oxygen atoms in total. The van der Waals surface area contributed by atoms with Crippen LogP contribution in [-0.2, 0) is 0 Å². The van der Waals surface area contributed by atoms with Gasteiger partial charge in [0.15, 0.2) is 5.82 Å². The minimum atomic E-state index is 0.433. The molecule has 0 amide bonds. The van der Waals surface area contributed by atoms with Crippen LogP contribution in [0.1, 0.15) is 0 Å². The topological polar surface area (TPSA) is 82.8 Å². The van der Waals surface area contributed by atoms with E-state index in [2.05, 4.69) is 9.97 Å². The van der Waals surface area contributed by atoms with Crippen LogP contribution in [0, 0.1) is 0 Å². The predicted octanol–water partition coefficient (Wildman–Crippen LogP) is 1.39. The van der Waals surface area contributed by atoms with Crippen molar-refractivity contribution in [2.75, 3.05) is 11.6 Å². The van der Waals surface area contributed by atoms with Gasteiger partial charge in [0.1, 0.15) is 12.0 Å². The van der Waals surface area contributed by atoms with Crippen molar-refractivity contribution in [2.45, 2.75) is 0 Å². The second kappa shape index (κ2) is 3.48. The summed E-state index contributed by atoms with van der Waals surface area (Å²) >= 11 is 0. The van der Waals surface area contributed by atoms with E-state index >= 15 is 0 Å². The number of pyridine rings is 1. The first-order chi connectivity index (χ1) is 8.27. The van der Waals surface area contributed by atoms with Gasteiger partial charge in [0.05, 0.1) is 5.52 Å². The summed E-state index contributed by atoms with van der Waals surface area (Å²) in [7, 11) is 0. The van der Waals surface area contributed by atoms with Crippen molar-refractivity contribution >= 4 is 16.7 Å². The van der Waals surface area contributed by atoms with Crippen molar-refractivity contribution < 1.29 is 0 Å². The molecule has 0 spiro atoms. The fourth-order valence-electron chi connectivity index (χ4n) is 1.87. The predicted molar refractivity (Wildman–Crippen MR) is 67.5 cm³/mol. The summed E-state index contributed by atoms with van der Waals surface area (Å²) in [4.78, 5) is 8.57. The van der Waals surface area contributed by atoms with E-state index in [0.717, 1.165) is 16.5 Å². The third-order valence-electron chi connectivity index (χ3n) is 2.72. The van der Waals surface area contributed by atoms with Crippen LogP contribution in [0.15, 0.2) is 42.9 Å². The van der Waals surface area contributed by atoms with Crippen LogP contribution < -0.4 is 11.6 Å². The number of nitrogen functional groups attached to an aromatic ring is 2. The zero-order chi connectivity index (χ0) is 11.8. The molecule has 0 atom stereocenters. The molecule has 0 aliphatic carbocycles. The maximum atomic E-state index is 5.87. The van der Waals surface area contributed by atoms with E-state index in [1.807, 2.05) is 30.3 Å². The number of nitrogens with zero attached hydrogens (tertiary/aromatic N) is 3. The van der Waals surface area contributed by atoms with Crippen LogP contribution in [0.4, 0.5) is 5.82 Å². The zero-order valence-electron chi connectivity index (χ0n) is 9.04. The monoisotopic (exact) mass is 225 g/mol. The summed E-state index contributed by atoms with van der Waals surface area (Å²) in [6.07, 6.45) is 3.24. The Morgan fingerprint density at radius 1 is 1.06 bits per heavy atom. The van der Waals surface area contributed by atoms with Gasteiger partial charge in [0.2, 0.25) is 0 Å². The number of hydrogen-bond donors (Lipinski definition) is 2. The number of anilines is 1. The van der Waals surface area contributed by atoms with E-state index in [-0.39, 0.29) is 0 Å². The van der Waals surface area contributed by atoms with Crippen LogP contribution in [-0.4, -0.2) is 14.6 Å². The average Bonchev–Trinajstić information content (AvgIpc) is 2.69. The SMILES string of the molecule is Nc1c(-c2cccc3cccnc23)ncn1N. The summed E-state index contributed by atoms with van der Waals surface area (Å²) < 4.78 is 1.30. The molecule has 2 heterocycles. The van der Waals surface area contributed by atoms with Gasteiger partial charge in [-0.1, -0.05) is 24.3 Å². The lowest BCUT2D eigenvalue weighted by Crippen LogP contribution is -2.10. The Kier molecular flexibility index (Phi) is 1.98. The van der Waals surface area contributed by atoms with E-state index < -0.39 is 0 Å². The Bertz CT molecular complexity index is 681. The number of aromatic nitrogens is 3. The van der Waals surface area contributed by atoms with Crippen molar-refractivity contribution in [3.05, 3.63) is 42.9 Å². The molecule has 3 rings (SSSR count). The Morgan fingerprint density at radius 2 is 1.88 bits per heavy atom. The molecule has 1 aromatic carbocycles. The second-order valence-electron chi connectivity index (χ2n) is 3.77. The van der Waals surface area contributed by atoms with E-state index in [0.29, 0.717) is 11.5 Å². The van der Waals surface area contributed by atoms with Gasteiger partial charge in [-0.25, -0.2) is 9.66 Å². The van der Waals surface area contributed by atoms with Crippen LogP contribution in [0.3, 0.4) is 0 Å². The highest BCUT2D eigenvalue weighted by atomic mass is 15.3. The van der Waals surface area contributed by atoms with Gasteiger partial charge in [0.25, 0.3) is 0 Å². The number of imidazole rings is 1. The molecule has 0 radical (unpaired) electrons. The summed E-state index contributed by atoms with van der Waals surface area (Å²) in [5.74, 6) is 6.06. The van der Waals surface area contributed by atoms with Crippen LogP contribution in [0.2, 0.25) is 0 Å². The summed E-state index contributed by atoms with van der Waals surface area (Å²) in [5, 5.41) is 1.05. The molecule has 0 unspecified atom stereocenters. The number of hydrogen-bond acceptors (Lipinski definition) is 4. The Labute approximate surface area is 97.7 Å². The first-order valence-electron chi connectivity index (χ1n) is 5.19. The standard InChI is InChI=1S/C12H11N5/c13-12-11(16-7-17(12)14)9-5-1-3-8-4-2-6-15-10(8)9/h1-7H,13-14H2. The third-order valence-corrected chi connectivity index (χ3v) is 2.72. The smallest absolute Gasteiger partial charge is 0.150 e. The first kappa shape index (κ1) is 9.65. The number of benzene rings is 1. The van der Waals surface area contributed by atoms with Crippen molar-refractivity contribution in [1.82, 2.24) is 14.6 Å². The summed E-state index contributed by atoms with van der Waals surface area (Å²) in [5.41, 5.74) is 8.31. The van der Waals surface area contributed by atoms with Gasteiger partial charge in [0, 0.05) is 17.1 Å². The molecule has 5 heteroatoms. The van der Waals surface area contributed by atoms with Gasteiger partial charge < -0.3 is 11.6 Å². The minimum absolute atomic E-state index is 0.433. The van der Waals surface area contributed by atoms with Crippen LogP contribution in [0.25, 0.3) is 22.2 Å². The number of para-hydroxylation sites is 1. The minimum Gasteiger partial charge on any atom is -0.382 e. The fourth-order valence-corrected chi connectivity index (χ4v) is 1.87. The van der Waals surface area contributed by atoms with Crippen molar-refractivity contribution in [2.24, 2.45) is 0 Å². The molecule has 2 aromatic heterocycles. The lowest BCUT2D eigenvalue weighted by molar-refractivity contribution is 1.01. The molecule has 4 N–H and O–H groups in total. The largest absolute Gasteiger partial charge is 0.382 e. The molecule has 0 bridgehead atoms. The van der Waals surface area contributed by atoms with E-state index in [1.165, 1.54) is 11.0 Å². The quantitative estimate of drug-likeness (QED) is 0.613. The molecule has 84 valence electrons. The molecular formula is C12H11N5. The highest BCUT2D eigenvalue weighted by Crippen LogP contribution is 2.28. The highest BCUT2D eigenvalue weighted by Gasteiger charge is 2.11. The second-order valence-corrected chi connectivity index (χ2v) is 3.77. The normalized spacial score (nSPS) is 10.8. The van der Waals surface area contributed by atoms with Gasteiger partial charge >= 0.3 is 0 Å². The van der Waals surface area contributed by atoms with Crippen LogP contribution >= 0.6 is 0 Å². The van der Waals surface area contributed by atoms with E-state index in [9.17, 15) is 0 Å². The molecule has 0 saturated heterocycles. The van der Waals surface area contributed by atoms with E-state index in [1.54, 1.807) is 6.20 Å². The maximum absolute atomic E-state index is 5.87. The zero-order valence-corrected chi connectivity index (χ0v) is 9.04. The molecule has 0 saturated carbocycles. The number of rotatable bonds is 1. The van der Waals surface area contributed by atoms with Gasteiger partial charge in [-0.2, -0.15) is 0 Å². The van der Waals surface area contributed by atoms with Crippen LogP contribution in [0.5, 0.6) is 0 Å².